The first-order chi connectivity index (χ1) is 12.1. The molecule has 0 N–H and O–H groups in total. The van der Waals surface area contributed by atoms with Crippen LogP contribution in [0.3, 0.4) is 0 Å². The lowest BCUT2D eigenvalue weighted by Crippen LogP contribution is -2.47. The number of carbonyl (C=O) groups is 1. The Balaban J connectivity index is 1.50. The summed E-state index contributed by atoms with van der Waals surface area (Å²) in [6, 6.07) is 2.68. The molecule has 1 saturated carbocycles. The van der Waals surface area contributed by atoms with Crippen molar-refractivity contribution >= 4 is 5.91 Å². The van der Waals surface area contributed by atoms with E-state index in [9.17, 15) is 4.79 Å². The summed E-state index contributed by atoms with van der Waals surface area (Å²) >= 11 is 0. The summed E-state index contributed by atoms with van der Waals surface area (Å²) in [6.45, 7) is 11.7. The van der Waals surface area contributed by atoms with Gasteiger partial charge in [0.1, 0.15) is 0 Å². The minimum atomic E-state index is 0.259. The Morgan fingerprint density at radius 2 is 1.92 bits per heavy atom. The van der Waals surface area contributed by atoms with Gasteiger partial charge in [0.25, 0.3) is 5.91 Å². The fourth-order valence-electron chi connectivity index (χ4n) is 5.25. The first-order valence-electron chi connectivity index (χ1n) is 10.3. The van der Waals surface area contributed by atoms with Gasteiger partial charge in [-0.05, 0) is 64.4 Å². The van der Waals surface area contributed by atoms with Crippen molar-refractivity contribution in [3.8, 4) is 0 Å². The number of amides is 1. The lowest BCUT2D eigenvalue weighted by molar-refractivity contribution is 0.0716. The fraction of sp³-hybridized carbons (Fsp3) is 0.762. The zero-order valence-electron chi connectivity index (χ0n) is 16.1. The van der Waals surface area contributed by atoms with Crippen molar-refractivity contribution in [2.75, 3.05) is 26.2 Å². The van der Waals surface area contributed by atoms with Crippen molar-refractivity contribution in [1.29, 1.82) is 0 Å². The van der Waals surface area contributed by atoms with Crippen LogP contribution in [0.2, 0.25) is 0 Å². The van der Waals surface area contributed by atoms with Crippen LogP contribution >= 0.6 is 0 Å². The molecule has 1 aromatic rings. The monoisotopic (exact) mass is 343 g/mol. The third kappa shape index (κ3) is 3.14. The van der Waals surface area contributed by atoms with Crippen LogP contribution < -0.4 is 0 Å². The van der Waals surface area contributed by atoms with Gasteiger partial charge in [-0.3, -0.25) is 9.69 Å². The molecule has 3 aliphatic heterocycles. The predicted molar refractivity (Wildman–Crippen MR) is 101 cm³/mol. The number of hydrogen-bond acceptors (Lipinski definition) is 2. The third-order valence-electron chi connectivity index (χ3n) is 6.95. The highest BCUT2D eigenvalue weighted by atomic mass is 16.2. The molecule has 138 valence electrons. The Morgan fingerprint density at radius 1 is 1.12 bits per heavy atom. The number of hydrogen-bond donors (Lipinski definition) is 0. The van der Waals surface area contributed by atoms with E-state index in [4.69, 9.17) is 0 Å². The molecule has 4 nitrogen and oxygen atoms in total. The molecule has 4 heteroatoms. The van der Waals surface area contributed by atoms with Gasteiger partial charge in [-0.1, -0.05) is 6.42 Å². The standard InChI is InChI=1S/C21H33N3O/c1-4-24-15(2)10-20(16(24)3)21(25)23-13-18-8-9-19(14-23)22(12-18)11-17-6-5-7-17/h10,17-19H,4-9,11-14H2,1-3H3/t18-,19-/m0/s1. The van der Waals surface area contributed by atoms with E-state index in [1.165, 1.54) is 50.9 Å². The molecule has 4 aliphatic rings. The zero-order chi connectivity index (χ0) is 17.6. The number of nitrogens with zero attached hydrogens (tertiary/aromatic N) is 3. The number of carbonyl (C=O) groups excluding carboxylic acids is 1. The van der Waals surface area contributed by atoms with E-state index < -0.39 is 0 Å². The van der Waals surface area contributed by atoms with E-state index in [2.05, 4.69) is 41.2 Å². The predicted octanol–water partition coefficient (Wildman–Crippen LogP) is 3.46. The van der Waals surface area contributed by atoms with Gasteiger partial charge in [0.2, 0.25) is 0 Å². The topological polar surface area (TPSA) is 28.5 Å². The second-order valence-electron chi connectivity index (χ2n) is 8.59. The molecular formula is C21H33N3O. The highest BCUT2D eigenvalue weighted by Crippen LogP contribution is 2.33. The Bertz CT molecular complexity index is 646. The minimum absolute atomic E-state index is 0.259. The molecule has 1 amide bonds. The van der Waals surface area contributed by atoms with Gasteiger partial charge < -0.3 is 9.47 Å². The van der Waals surface area contributed by atoms with Crippen molar-refractivity contribution in [3.63, 3.8) is 0 Å². The number of aromatic nitrogens is 1. The minimum Gasteiger partial charge on any atom is -0.349 e. The van der Waals surface area contributed by atoms with Crippen LogP contribution in [0.5, 0.6) is 0 Å². The summed E-state index contributed by atoms with van der Waals surface area (Å²) in [4.78, 5) is 18.2. The molecule has 0 radical (unpaired) electrons. The molecular weight excluding hydrogens is 310 g/mol. The van der Waals surface area contributed by atoms with Gasteiger partial charge in [-0.25, -0.2) is 0 Å². The molecule has 2 atom stereocenters. The molecule has 4 fully saturated rings. The van der Waals surface area contributed by atoms with Gasteiger partial charge in [0.05, 0.1) is 5.56 Å². The average molecular weight is 344 g/mol. The van der Waals surface area contributed by atoms with Crippen molar-refractivity contribution in [3.05, 3.63) is 23.0 Å². The Morgan fingerprint density at radius 3 is 2.56 bits per heavy atom. The molecule has 0 aromatic carbocycles. The Labute approximate surface area is 152 Å². The lowest BCUT2D eigenvalue weighted by atomic mass is 9.83. The largest absolute Gasteiger partial charge is 0.349 e. The molecule has 0 unspecified atom stereocenters. The number of aryl methyl sites for hydroxylation is 1. The molecule has 1 aromatic heterocycles. The summed E-state index contributed by atoms with van der Waals surface area (Å²) < 4.78 is 2.25. The molecule has 4 heterocycles. The van der Waals surface area contributed by atoms with E-state index in [-0.39, 0.29) is 5.91 Å². The van der Waals surface area contributed by atoms with Crippen LogP contribution in [-0.2, 0) is 6.54 Å². The molecule has 25 heavy (non-hydrogen) atoms. The second-order valence-corrected chi connectivity index (χ2v) is 8.59. The maximum Gasteiger partial charge on any atom is 0.255 e. The maximum atomic E-state index is 13.3. The van der Waals surface area contributed by atoms with Gasteiger partial charge >= 0.3 is 0 Å². The van der Waals surface area contributed by atoms with Gasteiger partial charge in [0, 0.05) is 50.2 Å². The summed E-state index contributed by atoms with van der Waals surface area (Å²) in [7, 11) is 0. The van der Waals surface area contributed by atoms with Crippen LogP contribution in [-0.4, -0.2) is 52.5 Å². The first-order valence-corrected chi connectivity index (χ1v) is 10.3. The summed E-state index contributed by atoms with van der Waals surface area (Å²) in [5.74, 6) is 1.85. The molecule has 3 saturated heterocycles. The van der Waals surface area contributed by atoms with Gasteiger partial charge in [-0.2, -0.15) is 0 Å². The van der Waals surface area contributed by atoms with Crippen molar-refractivity contribution in [2.45, 2.75) is 65.5 Å². The molecule has 0 spiro atoms. The van der Waals surface area contributed by atoms with Crippen LogP contribution in [0, 0.1) is 25.7 Å². The van der Waals surface area contributed by atoms with Crippen LogP contribution in [0.1, 0.15) is 60.8 Å². The van der Waals surface area contributed by atoms with Crippen molar-refractivity contribution in [2.24, 2.45) is 11.8 Å². The van der Waals surface area contributed by atoms with Gasteiger partial charge in [-0.15, -0.1) is 0 Å². The van der Waals surface area contributed by atoms with Gasteiger partial charge in [0.15, 0.2) is 0 Å². The average Bonchev–Trinajstić information content (AvgIpc) is 2.73. The van der Waals surface area contributed by atoms with E-state index in [1.54, 1.807) is 0 Å². The summed E-state index contributed by atoms with van der Waals surface area (Å²) in [6.07, 6.45) is 6.82. The molecule has 5 rings (SSSR count). The quantitative estimate of drug-likeness (QED) is 0.837. The zero-order valence-corrected chi connectivity index (χ0v) is 16.1. The van der Waals surface area contributed by atoms with Crippen molar-refractivity contribution < 1.29 is 4.79 Å². The number of fused-ring (bicyclic) bond motifs is 4. The third-order valence-corrected chi connectivity index (χ3v) is 6.95. The van der Waals surface area contributed by atoms with E-state index in [0.29, 0.717) is 12.0 Å². The van der Waals surface area contributed by atoms with E-state index >= 15 is 0 Å². The van der Waals surface area contributed by atoms with E-state index in [0.717, 1.165) is 36.8 Å². The Kier molecular flexibility index (Phi) is 4.65. The Hall–Kier alpha value is -1.29. The van der Waals surface area contributed by atoms with Crippen LogP contribution in [0.4, 0.5) is 0 Å². The normalized spacial score (nSPS) is 27.4. The second kappa shape index (κ2) is 6.79. The SMILES string of the molecule is CCn1c(C)cc(C(=O)N2C[C@H]3CC[C@@H](C2)N(CC2CCC2)C3)c1C. The van der Waals surface area contributed by atoms with Crippen molar-refractivity contribution in [1.82, 2.24) is 14.4 Å². The van der Waals surface area contributed by atoms with Crippen LogP contribution in [0.15, 0.2) is 6.07 Å². The van der Waals surface area contributed by atoms with E-state index in [1.807, 2.05) is 0 Å². The smallest absolute Gasteiger partial charge is 0.255 e. The summed E-state index contributed by atoms with van der Waals surface area (Å²) in [5, 5.41) is 0. The highest BCUT2D eigenvalue weighted by Gasteiger charge is 2.38. The first kappa shape index (κ1) is 17.1. The molecule has 1 aliphatic carbocycles. The molecule has 2 bridgehead atoms. The maximum absolute atomic E-state index is 13.3. The lowest BCUT2D eigenvalue weighted by Gasteiger charge is -2.40. The summed E-state index contributed by atoms with van der Waals surface area (Å²) in [5.41, 5.74) is 3.26. The fourth-order valence-corrected chi connectivity index (χ4v) is 5.25. The number of piperidine rings is 1. The van der Waals surface area contributed by atoms with Crippen LogP contribution in [0.25, 0.3) is 0 Å². The highest BCUT2D eigenvalue weighted by molar-refractivity contribution is 5.95. The number of rotatable bonds is 4.